The van der Waals surface area contributed by atoms with Gasteiger partial charge >= 0.3 is 6.18 Å². The Kier molecular flexibility index (Phi) is 7.34. The number of hydrogen-bond acceptors (Lipinski definition) is 6. The van der Waals surface area contributed by atoms with Gasteiger partial charge in [-0.05, 0) is 35.9 Å². The van der Waals surface area contributed by atoms with Gasteiger partial charge in [-0.1, -0.05) is 18.2 Å². The van der Waals surface area contributed by atoms with Crippen molar-refractivity contribution in [2.75, 3.05) is 28.6 Å². The van der Waals surface area contributed by atoms with E-state index in [0.717, 1.165) is 29.9 Å². The van der Waals surface area contributed by atoms with Crippen molar-refractivity contribution in [3.8, 4) is 5.75 Å². The lowest BCUT2D eigenvalue weighted by atomic mass is 10.2. The number of anilines is 1. The van der Waals surface area contributed by atoms with Crippen LogP contribution in [0.1, 0.15) is 11.1 Å². The molecule has 1 aliphatic heterocycles. The Morgan fingerprint density at radius 1 is 1.25 bits per heavy atom. The minimum absolute atomic E-state index is 0.171. The van der Waals surface area contributed by atoms with Crippen LogP contribution in [0, 0.1) is 0 Å². The Labute approximate surface area is 187 Å². The molecule has 0 saturated carbocycles. The standard InChI is InChI=1S/C20H20F3N3O4S2/c1-32(28,29)26(16-6-3-5-15(9-16)20(21,22)23)11-19(27)25-24-10-14-4-2-7-17(8-14)30-18-12-31-13-18/h2-10,18H,11-13H2,1H3,(H,25,27)/b24-10+. The molecule has 1 heterocycles. The average molecular weight is 488 g/mol. The number of ether oxygens (including phenoxy) is 1. The third-order valence-electron chi connectivity index (χ3n) is 4.32. The molecule has 3 rings (SSSR count). The first kappa shape index (κ1) is 23.9. The van der Waals surface area contributed by atoms with Crippen molar-refractivity contribution >= 4 is 39.6 Å². The number of nitrogens with one attached hydrogen (secondary N) is 1. The quantitative estimate of drug-likeness (QED) is 0.457. The average Bonchev–Trinajstić information content (AvgIpc) is 2.68. The monoisotopic (exact) mass is 487 g/mol. The maximum atomic E-state index is 13.0. The molecule has 0 radical (unpaired) electrons. The predicted molar refractivity (Wildman–Crippen MR) is 118 cm³/mol. The van der Waals surface area contributed by atoms with Crippen molar-refractivity contribution < 1.29 is 31.1 Å². The molecule has 0 atom stereocenters. The van der Waals surface area contributed by atoms with Crippen LogP contribution in [0.3, 0.4) is 0 Å². The molecular formula is C20H20F3N3O4S2. The summed E-state index contributed by atoms with van der Waals surface area (Å²) in [4.78, 5) is 12.2. The summed E-state index contributed by atoms with van der Waals surface area (Å²) >= 11 is 1.79. The molecular weight excluding hydrogens is 467 g/mol. The van der Waals surface area contributed by atoms with Crippen LogP contribution in [0.25, 0.3) is 0 Å². The van der Waals surface area contributed by atoms with Crippen molar-refractivity contribution in [2.24, 2.45) is 5.10 Å². The molecule has 0 unspecified atom stereocenters. The molecule has 1 amide bonds. The molecule has 0 spiro atoms. The van der Waals surface area contributed by atoms with E-state index in [4.69, 9.17) is 4.74 Å². The van der Waals surface area contributed by atoms with Gasteiger partial charge in [-0.2, -0.15) is 30.0 Å². The topological polar surface area (TPSA) is 88.1 Å². The molecule has 0 aromatic heterocycles. The first-order chi connectivity index (χ1) is 15.0. The fourth-order valence-electron chi connectivity index (χ4n) is 2.72. The van der Waals surface area contributed by atoms with Gasteiger partial charge in [0.2, 0.25) is 10.0 Å². The molecule has 0 bridgehead atoms. The summed E-state index contributed by atoms with van der Waals surface area (Å²) in [6, 6.07) is 10.8. The highest BCUT2D eigenvalue weighted by Crippen LogP contribution is 2.32. The number of sulfonamides is 1. The van der Waals surface area contributed by atoms with E-state index in [0.29, 0.717) is 21.7 Å². The van der Waals surface area contributed by atoms with Gasteiger partial charge < -0.3 is 4.74 Å². The summed E-state index contributed by atoms with van der Waals surface area (Å²) in [6.45, 7) is -0.736. The number of rotatable bonds is 8. The summed E-state index contributed by atoms with van der Waals surface area (Å²) in [6.07, 6.45) is -2.32. The normalized spacial score (nSPS) is 14.8. The molecule has 12 heteroatoms. The van der Waals surface area contributed by atoms with Crippen LogP contribution in [0.15, 0.2) is 53.6 Å². The Hall–Kier alpha value is -2.73. The third kappa shape index (κ3) is 6.63. The van der Waals surface area contributed by atoms with Gasteiger partial charge in [-0.3, -0.25) is 9.10 Å². The number of hydrazone groups is 1. The number of nitrogens with zero attached hydrogens (tertiary/aromatic N) is 2. The van der Waals surface area contributed by atoms with Crippen LogP contribution in [0.2, 0.25) is 0 Å². The highest BCUT2D eigenvalue weighted by molar-refractivity contribution is 8.00. The number of hydrogen-bond donors (Lipinski definition) is 1. The lowest BCUT2D eigenvalue weighted by molar-refractivity contribution is -0.137. The van der Waals surface area contributed by atoms with E-state index in [1.807, 2.05) is 0 Å². The Balaban J connectivity index is 1.66. The number of carbonyl (C=O) groups excluding carboxylic acids is 1. The molecule has 1 aliphatic rings. The summed E-state index contributed by atoms with van der Waals surface area (Å²) < 4.78 is 69.4. The summed E-state index contributed by atoms with van der Waals surface area (Å²) in [5.74, 6) is 1.70. The zero-order valence-corrected chi connectivity index (χ0v) is 18.5. The Morgan fingerprint density at radius 3 is 2.59 bits per heavy atom. The molecule has 32 heavy (non-hydrogen) atoms. The van der Waals surface area contributed by atoms with Crippen molar-refractivity contribution in [3.63, 3.8) is 0 Å². The van der Waals surface area contributed by atoms with Crippen LogP contribution in [-0.4, -0.2) is 50.9 Å². The Morgan fingerprint density at radius 2 is 1.97 bits per heavy atom. The highest BCUT2D eigenvalue weighted by Gasteiger charge is 2.32. The van der Waals surface area contributed by atoms with E-state index in [2.05, 4.69) is 10.5 Å². The van der Waals surface area contributed by atoms with E-state index in [-0.39, 0.29) is 11.8 Å². The van der Waals surface area contributed by atoms with Crippen molar-refractivity contribution in [3.05, 3.63) is 59.7 Å². The summed E-state index contributed by atoms with van der Waals surface area (Å²) in [7, 11) is -4.03. The second-order valence-corrected chi connectivity index (χ2v) is 9.94. The van der Waals surface area contributed by atoms with Gasteiger partial charge in [-0.15, -0.1) is 0 Å². The number of amides is 1. The molecule has 2 aromatic rings. The molecule has 1 N–H and O–H groups in total. The molecule has 7 nitrogen and oxygen atoms in total. The fraction of sp³-hybridized carbons (Fsp3) is 0.300. The lowest BCUT2D eigenvalue weighted by Gasteiger charge is -2.25. The van der Waals surface area contributed by atoms with E-state index in [9.17, 15) is 26.4 Å². The van der Waals surface area contributed by atoms with Gasteiger partial charge in [-0.25, -0.2) is 13.8 Å². The first-order valence-corrected chi connectivity index (χ1v) is 12.3. The summed E-state index contributed by atoms with van der Waals surface area (Å²) in [5.41, 5.74) is 1.53. The van der Waals surface area contributed by atoms with Crippen LogP contribution in [0.4, 0.5) is 18.9 Å². The second kappa shape index (κ2) is 9.82. The lowest BCUT2D eigenvalue weighted by Crippen LogP contribution is -2.39. The number of halogens is 3. The van der Waals surface area contributed by atoms with Gasteiger partial charge in [0, 0.05) is 11.5 Å². The molecule has 172 valence electrons. The number of thioether (sulfide) groups is 1. The van der Waals surface area contributed by atoms with Crippen LogP contribution in [0.5, 0.6) is 5.75 Å². The maximum absolute atomic E-state index is 13.0. The van der Waals surface area contributed by atoms with Crippen LogP contribution >= 0.6 is 11.8 Å². The van der Waals surface area contributed by atoms with Crippen LogP contribution < -0.4 is 14.5 Å². The van der Waals surface area contributed by atoms with Crippen LogP contribution in [-0.2, 0) is 21.0 Å². The number of benzene rings is 2. The third-order valence-corrected chi connectivity index (χ3v) is 6.68. The zero-order chi connectivity index (χ0) is 23.4. The van der Waals surface area contributed by atoms with Gasteiger partial charge in [0.25, 0.3) is 5.91 Å². The molecule has 1 fully saturated rings. The minimum Gasteiger partial charge on any atom is -0.489 e. The van der Waals surface area contributed by atoms with Gasteiger partial charge in [0.1, 0.15) is 18.4 Å². The maximum Gasteiger partial charge on any atom is 0.416 e. The van der Waals surface area contributed by atoms with Gasteiger partial charge in [0.05, 0.1) is 23.7 Å². The predicted octanol–water partition coefficient (Wildman–Crippen LogP) is 3.12. The second-order valence-electron chi connectivity index (χ2n) is 6.96. The van der Waals surface area contributed by atoms with E-state index < -0.39 is 34.2 Å². The molecule has 0 aliphatic carbocycles. The van der Waals surface area contributed by atoms with Crippen molar-refractivity contribution in [2.45, 2.75) is 12.3 Å². The van der Waals surface area contributed by atoms with Gasteiger partial charge in [0.15, 0.2) is 0 Å². The van der Waals surface area contributed by atoms with E-state index in [1.54, 1.807) is 36.0 Å². The van der Waals surface area contributed by atoms with E-state index in [1.165, 1.54) is 12.3 Å². The fourth-order valence-corrected chi connectivity index (χ4v) is 4.14. The zero-order valence-electron chi connectivity index (χ0n) is 16.9. The SMILES string of the molecule is CS(=O)(=O)N(CC(=O)N/N=C/c1cccc(OC2CSC2)c1)c1cccc(C(F)(F)F)c1. The number of carbonyl (C=O) groups is 1. The highest BCUT2D eigenvalue weighted by atomic mass is 32.2. The summed E-state index contributed by atoms with van der Waals surface area (Å²) in [5, 5.41) is 3.80. The molecule has 1 saturated heterocycles. The smallest absolute Gasteiger partial charge is 0.416 e. The van der Waals surface area contributed by atoms with Crippen molar-refractivity contribution in [1.82, 2.24) is 5.43 Å². The van der Waals surface area contributed by atoms with Crippen molar-refractivity contribution in [1.29, 1.82) is 0 Å². The largest absolute Gasteiger partial charge is 0.489 e. The van der Waals surface area contributed by atoms with E-state index >= 15 is 0 Å². The first-order valence-electron chi connectivity index (χ1n) is 9.34. The Bertz CT molecular complexity index is 1100. The molecule has 2 aromatic carbocycles. The minimum atomic E-state index is -4.65. The number of alkyl halides is 3.